The largest absolute Gasteiger partial charge is 0.480 e. The number of fused-ring (bicyclic) bond motifs is 1. The highest BCUT2D eigenvalue weighted by Crippen LogP contribution is 2.22. The van der Waals surface area contributed by atoms with Gasteiger partial charge in [-0.1, -0.05) is 52.3 Å². The van der Waals surface area contributed by atoms with Gasteiger partial charge in [-0.15, -0.1) is 0 Å². The van der Waals surface area contributed by atoms with Gasteiger partial charge in [-0.3, -0.25) is 9.59 Å². The van der Waals surface area contributed by atoms with Gasteiger partial charge in [-0.25, -0.2) is 4.79 Å². The average Bonchev–Trinajstić information content (AvgIpc) is 3.40. The minimum atomic E-state index is -1.02. The number of H-pyrrole nitrogens is 1. The molecule has 1 fully saturated rings. The Morgan fingerprint density at radius 3 is 2.68 bits per heavy atom. The van der Waals surface area contributed by atoms with Crippen molar-refractivity contribution in [2.24, 2.45) is 0 Å². The lowest BCUT2D eigenvalue weighted by Gasteiger charge is -2.27. The molecule has 3 N–H and O–H groups in total. The molecule has 7 nitrogen and oxygen atoms in total. The number of hydrogen-bond acceptors (Lipinski definition) is 3. The first-order valence-electron chi connectivity index (χ1n) is 10.1. The minimum Gasteiger partial charge on any atom is -0.480 e. The van der Waals surface area contributed by atoms with Gasteiger partial charge in [0.25, 0.3) is 5.91 Å². The molecule has 0 unspecified atom stereocenters. The molecule has 31 heavy (non-hydrogen) atoms. The standard InChI is InChI=1S/C23H22BrN3O4/c24-16-9-8-15-12-18(25-17(15)13-16)21(28)26-19(11-14-5-2-1-3-6-14)22(29)27-10-4-7-20(27)23(30)31/h1-3,5-6,8-9,12-13,19-20,25H,4,7,10-11H2,(H,26,28)(H,30,31)/t19-,20-/m0/s1. The Morgan fingerprint density at radius 2 is 1.94 bits per heavy atom. The first kappa shape index (κ1) is 21.1. The minimum absolute atomic E-state index is 0.278. The first-order valence-corrected chi connectivity index (χ1v) is 10.9. The van der Waals surface area contributed by atoms with E-state index in [0.717, 1.165) is 20.9 Å². The van der Waals surface area contributed by atoms with Crippen LogP contribution in [0.4, 0.5) is 0 Å². The Labute approximate surface area is 187 Å². The number of benzene rings is 2. The third kappa shape index (κ3) is 4.64. The van der Waals surface area contributed by atoms with Gasteiger partial charge in [-0.2, -0.15) is 0 Å². The van der Waals surface area contributed by atoms with Crippen LogP contribution in [-0.4, -0.2) is 51.4 Å². The smallest absolute Gasteiger partial charge is 0.326 e. The lowest BCUT2D eigenvalue weighted by molar-refractivity contribution is -0.148. The molecule has 0 saturated carbocycles. The first-order chi connectivity index (χ1) is 14.9. The van der Waals surface area contributed by atoms with Crippen LogP contribution in [-0.2, 0) is 16.0 Å². The van der Waals surface area contributed by atoms with Crippen LogP contribution in [0.2, 0.25) is 0 Å². The summed E-state index contributed by atoms with van der Waals surface area (Å²) in [6, 6.07) is 15.0. The molecular weight excluding hydrogens is 462 g/mol. The third-order valence-electron chi connectivity index (χ3n) is 5.54. The molecule has 1 aromatic heterocycles. The second-order valence-electron chi connectivity index (χ2n) is 7.66. The van der Waals surface area contributed by atoms with Gasteiger partial charge in [0.2, 0.25) is 5.91 Å². The van der Waals surface area contributed by atoms with Crippen LogP contribution in [0.3, 0.4) is 0 Å². The number of carbonyl (C=O) groups excluding carboxylic acids is 2. The van der Waals surface area contributed by atoms with E-state index in [0.29, 0.717) is 25.1 Å². The quantitative estimate of drug-likeness (QED) is 0.500. The number of aromatic amines is 1. The lowest BCUT2D eigenvalue weighted by Crippen LogP contribution is -2.52. The highest BCUT2D eigenvalue weighted by Gasteiger charge is 2.37. The maximum absolute atomic E-state index is 13.3. The number of carbonyl (C=O) groups is 3. The Bertz CT molecular complexity index is 1130. The van der Waals surface area contributed by atoms with E-state index in [1.807, 2.05) is 48.5 Å². The molecule has 3 aromatic rings. The summed E-state index contributed by atoms with van der Waals surface area (Å²) in [4.78, 5) is 42.3. The number of nitrogens with one attached hydrogen (secondary N) is 2. The van der Waals surface area contributed by atoms with E-state index < -0.39 is 24.0 Å². The van der Waals surface area contributed by atoms with E-state index in [1.165, 1.54) is 4.90 Å². The van der Waals surface area contributed by atoms with E-state index in [1.54, 1.807) is 6.07 Å². The summed E-state index contributed by atoms with van der Waals surface area (Å²) in [5.41, 5.74) is 2.03. The van der Waals surface area contributed by atoms with Crippen LogP contribution in [0.5, 0.6) is 0 Å². The number of aliphatic carboxylic acids is 1. The Balaban J connectivity index is 1.59. The summed E-state index contributed by atoms with van der Waals surface area (Å²) in [6.07, 6.45) is 1.33. The summed E-state index contributed by atoms with van der Waals surface area (Å²) >= 11 is 3.41. The van der Waals surface area contributed by atoms with E-state index in [4.69, 9.17) is 0 Å². The number of likely N-dealkylation sites (tertiary alicyclic amines) is 1. The lowest BCUT2D eigenvalue weighted by atomic mass is 10.0. The molecule has 1 saturated heterocycles. The molecule has 0 aliphatic carbocycles. The van der Waals surface area contributed by atoms with Crippen molar-refractivity contribution in [1.82, 2.24) is 15.2 Å². The zero-order valence-corrected chi connectivity index (χ0v) is 18.3. The topological polar surface area (TPSA) is 102 Å². The maximum atomic E-state index is 13.3. The molecule has 4 rings (SSSR count). The summed E-state index contributed by atoms with van der Waals surface area (Å²) in [7, 11) is 0. The van der Waals surface area contributed by atoms with Crippen LogP contribution in [0.25, 0.3) is 10.9 Å². The number of amides is 2. The predicted octanol–water partition coefficient (Wildman–Crippen LogP) is 3.35. The SMILES string of the molecule is O=C(N[C@@H](Cc1ccccc1)C(=O)N1CCC[C@H]1C(=O)O)c1cc2ccc(Br)cc2[nH]1. The van der Waals surface area contributed by atoms with Crippen molar-refractivity contribution in [3.05, 3.63) is 70.3 Å². The average molecular weight is 484 g/mol. The summed E-state index contributed by atoms with van der Waals surface area (Å²) in [5.74, 6) is -1.80. The van der Waals surface area contributed by atoms with Crippen LogP contribution in [0.1, 0.15) is 28.9 Å². The van der Waals surface area contributed by atoms with Crippen molar-refractivity contribution in [3.8, 4) is 0 Å². The Kier molecular flexibility index (Phi) is 6.08. The van der Waals surface area contributed by atoms with Crippen LogP contribution in [0, 0.1) is 0 Å². The van der Waals surface area contributed by atoms with Crippen LogP contribution in [0.15, 0.2) is 59.1 Å². The van der Waals surface area contributed by atoms with Crippen molar-refractivity contribution in [2.45, 2.75) is 31.3 Å². The fraction of sp³-hybridized carbons (Fsp3) is 0.261. The third-order valence-corrected chi connectivity index (χ3v) is 6.03. The predicted molar refractivity (Wildman–Crippen MR) is 120 cm³/mol. The number of nitrogens with zero attached hydrogens (tertiary/aromatic N) is 1. The number of hydrogen-bond donors (Lipinski definition) is 3. The molecule has 1 aliphatic rings. The molecule has 2 amide bonds. The number of aromatic nitrogens is 1. The number of halogens is 1. The molecule has 2 aromatic carbocycles. The van der Waals surface area contributed by atoms with Gasteiger partial charge in [0, 0.05) is 28.3 Å². The number of carboxylic acids is 1. The van der Waals surface area contributed by atoms with Crippen molar-refractivity contribution < 1.29 is 19.5 Å². The van der Waals surface area contributed by atoms with E-state index in [9.17, 15) is 19.5 Å². The summed E-state index contributed by atoms with van der Waals surface area (Å²) < 4.78 is 0.889. The zero-order valence-electron chi connectivity index (χ0n) is 16.7. The van der Waals surface area contributed by atoms with Gasteiger partial charge in [0.15, 0.2) is 0 Å². The maximum Gasteiger partial charge on any atom is 0.326 e. The molecule has 2 atom stereocenters. The van der Waals surface area contributed by atoms with Crippen molar-refractivity contribution >= 4 is 44.6 Å². The van der Waals surface area contributed by atoms with Crippen molar-refractivity contribution in [3.63, 3.8) is 0 Å². The van der Waals surface area contributed by atoms with Crippen molar-refractivity contribution in [2.75, 3.05) is 6.54 Å². The second-order valence-corrected chi connectivity index (χ2v) is 8.57. The fourth-order valence-electron chi connectivity index (χ4n) is 3.99. The van der Waals surface area contributed by atoms with Crippen molar-refractivity contribution in [1.29, 1.82) is 0 Å². The molecule has 8 heteroatoms. The number of carboxylic acid groups (broad SMARTS) is 1. The van der Waals surface area contributed by atoms with E-state index >= 15 is 0 Å². The van der Waals surface area contributed by atoms with E-state index in [-0.39, 0.29) is 12.3 Å². The molecular formula is C23H22BrN3O4. The van der Waals surface area contributed by atoms with Crippen LogP contribution >= 0.6 is 15.9 Å². The van der Waals surface area contributed by atoms with Gasteiger partial charge in [-0.05, 0) is 36.6 Å². The summed E-state index contributed by atoms with van der Waals surface area (Å²) in [6.45, 7) is 0.372. The highest BCUT2D eigenvalue weighted by atomic mass is 79.9. The molecule has 0 radical (unpaired) electrons. The highest BCUT2D eigenvalue weighted by molar-refractivity contribution is 9.10. The van der Waals surface area contributed by atoms with Crippen LogP contribution < -0.4 is 5.32 Å². The molecule has 0 spiro atoms. The fourth-order valence-corrected chi connectivity index (χ4v) is 4.36. The molecule has 0 bridgehead atoms. The Hall–Kier alpha value is -3.13. The molecule has 160 valence electrons. The van der Waals surface area contributed by atoms with Gasteiger partial charge >= 0.3 is 5.97 Å². The molecule has 1 aliphatic heterocycles. The van der Waals surface area contributed by atoms with Gasteiger partial charge in [0.05, 0.1) is 0 Å². The van der Waals surface area contributed by atoms with Gasteiger partial charge in [0.1, 0.15) is 17.8 Å². The van der Waals surface area contributed by atoms with E-state index in [2.05, 4.69) is 26.2 Å². The monoisotopic (exact) mass is 483 g/mol. The second kappa shape index (κ2) is 8.93. The Morgan fingerprint density at radius 1 is 1.16 bits per heavy atom. The summed E-state index contributed by atoms with van der Waals surface area (Å²) in [5, 5.41) is 13.2. The zero-order chi connectivity index (χ0) is 22.0. The van der Waals surface area contributed by atoms with Gasteiger partial charge < -0.3 is 20.3 Å². The number of rotatable bonds is 6. The molecule has 2 heterocycles. The normalized spacial score (nSPS) is 16.9.